The highest BCUT2D eigenvalue weighted by molar-refractivity contribution is 5.94. The van der Waals surface area contributed by atoms with Gasteiger partial charge >= 0.3 is 6.03 Å². The molecule has 28 heavy (non-hydrogen) atoms. The van der Waals surface area contributed by atoms with E-state index in [2.05, 4.69) is 21.3 Å². The first-order valence-corrected chi connectivity index (χ1v) is 8.89. The summed E-state index contributed by atoms with van der Waals surface area (Å²) in [6.45, 7) is 3.15. The molecule has 146 valence electrons. The SMILES string of the molecule is CC(=O)Nc1ccc(F)c(NC(=O)NC(C)c2ccc3c(c2)CCC(=O)N3)c1. The maximum Gasteiger partial charge on any atom is 0.319 e. The Morgan fingerprint density at radius 2 is 1.89 bits per heavy atom. The van der Waals surface area contributed by atoms with Gasteiger partial charge in [-0.25, -0.2) is 9.18 Å². The van der Waals surface area contributed by atoms with Crippen molar-refractivity contribution in [2.24, 2.45) is 0 Å². The minimum atomic E-state index is -0.610. The maximum atomic E-state index is 14.0. The third-order valence-electron chi connectivity index (χ3n) is 4.41. The van der Waals surface area contributed by atoms with E-state index in [1.54, 1.807) is 0 Å². The molecule has 7 nitrogen and oxygen atoms in total. The van der Waals surface area contributed by atoms with Crippen LogP contribution in [0.25, 0.3) is 0 Å². The predicted molar refractivity (Wildman–Crippen MR) is 105 cm³/mol. The summed E-state index contributed by atoms with van der Waals surface area (Å²) in [5.74, 6) is -0.907. The van der Waals surface area contributed by atoms with Crippen molar-refractivity contribution in [3.63, 3.8) is 0 Å². The Bertz CT molecular complexity index is 945. The molecule has 4 N–H and O–H groups in total. The highest BCUT2D eigenvalue weighted by atomic mass is 19.1. The first kappa shape index (κ1) is 19.3. The number of hydrogen-bond acceptors (Lipinski definition) is 3. The molecule has 0 aliphatic carbocycles. The monoisotopic (exact) mass is 384 g/mol. The van der Waals surface area contributed by atoms with Crippen LogP contribution in [0.1, 0.15) is 37.4 Å². The van der Waals surface area contributed by atoms with Crippen LogP contribution >= 0.6 is 0 Å². The second-order valence-corrected chi connectivity index (χ2v) is 6.66. The number of urea groups is 1. The lowest BCUT2D eigenvalue weighted by Crippen LogP contribution is -2.31. The fourth-order valence-corrected chi connectivity index (χ4v) is 3.01. The Hall–Kier alpha value is -3.42. The highest BCUT2D eigenvalue weighted by Gasteiger charge is 2.17. The Morgan fingerprint density at radius 1 is 1.11 bits per heavy atom. The first-order valence-electron chi connectivity index (χ1n) is 8.89. The number of benzene rings is 2. The number of hydrogen-bond donors (Lipinski definition) is 4. The number of fused-ring (bicyclic) bond motifs is 1. The highest BCUT2D eigenvalue weighted by Crippen LogP contribution is 2.26. The molecule has 1 aliphatic heterocycles. The first-order chi connectivity index (χ1) is 13.3. The summed E-state index contributed by atoms with van der Waals surface area (Å²) in [6, 6.07) is 8.61. The average Bonchev–Trinajstić information content (AvgIpc) is 2.63. The van der Waals surface area contributed by atoms with Crippen LogP contribution in [0.3, 0.4) is 0 Å². The molecule has 4 amide bonds. The van der Waals surface area contributed by atoms with E-state index in [4.69, 9.17) is 0 Å². The lowest BCUT2D eigenvalue weighted by Gasteiger charge is -2.20. The summed E-state index contributed by atoms with van der Waals surface area (Å²) >= 11 is 0. The van der Waals surface area contributed by atoms with Gasteiger partial charge in [0, 0.05) is 24.7 Å². The second kappa shape index (κ2) is 8.08. The molecule has 2 aromatic rings. The van der Waals surface area contributed by atoms with E-state index in [9.17, 15) is 18.8 Å². The zero-order chi connectivity index (χ0) is 20.3. The van der Waals surface area contributed by atoms with Crippen molar-refractivity contribution in [3.05, 3.63) is 53.3 Å². The second-order valence-electron chi connectivity index (χ2n) is 6.66. The quantitative estimate of drug-likeness (QED) is 0.649. The summed E-state index contributed by atoms with van der Waals surface area (Å²) in [5.41, 5.74) is 3.02. The van der Waals surface area contributed by atoms with Gasteiger partial charge in [0.2, 0.25) is 11.8 Å². The molecule has 1 heterocycles. The normalized spacial score (nSPS) is 13.8. The number of aryl methyl sites for hydroxylation is 1. The number of carbonyl (C=O) groups is 3. The maximum absolute atomic E-state index is 14.0. The Kier molecular flexibility index (Phi) is 5.58. The molecule has 0 aromatic heterocycles. The summed E-state index contributed by atoms with van der Waals surface area (Å²) in [7, 11) is 0. The van der Waals surface area contributed by atoms with Gasteiger partial charge in [0.15, 0.2) is 0 Å². The van der Waals surface area contributed by atoms with Crippen LogP contribution in [-0.4, -0.2) is 17.8 Å². The van der Waals surface area contributed by atoms with Crippen LogP contribution in [0, 0.1) is 5.82 Å². The Morgan fingerprint density at radius 3 is 2.64 bits per heavy atom. The molecule has 1 aliphatic rings. The van der Waals surface area contributed by atoms with E-state index in [1.807, 2.05) is 25.1 Å². The molecule has 0 spiro atoms. The summed E-state index contributed by atoms with van der Waals surface area (Å²) in [6.07, 6.45) is 1.08. The largest absolute Gasteiger partial charge is 0.331 e. The number of amides is 4. The van der Waals surface area contributed by atoms with Gasteiger partial charge in [0.25, 0.3) is 0 Å². The zero-order valence-corrected chi connectivity index (χ0v) is 15.6. The molecule has 1 unspecified atom stereocenters. The summed E-state index contributed by atoms with van der Waals surface area (Å²) in [5, 5.41) is 10.6. The molecule has 0 saturated carbocycles. The van der Waals surface area contributed by atoms with Gasteiger partial charge in [-0.15, -0.1) is 0 Å². The van der Waals surface area contributed by atoms with Crippen molar-refractivity contribution in [1.29, 1.82) is 0 Å². The average molecular weight is 384 g/mol. The zero-order valence-electron chi connectivity index (χ0n) is 15.6. The van der Waals surface area contributed by atoms with Crippen molar-refractivity contribution in [1.82, 2.24) is 5.32 Å². The van der Waals surface area contributed by atoms with Crippen LogP contribution < -0.4 is 21.3 Å². The van der Waals surface area contributed by atoms with Gasteiger partial charge in [-0.2, -0.15) is 0 Å². The summed E-state index contributed by atoms with van der Waals surface area (Å²) in [4.78, 5) is 34.9. The van der Waals surface area contributed by atoms with Crippen LogP contribution in [-0.2, 0) is 16.0 Å². The fourth-order valence-electron chi connectivity index (χ4n) is 3.01. The smallest absolute Gasteiger partial charge is 0.319 e. The molecule has 8 heteroatoms. The molecule has 0 saturated heterocycles. The van der Waals surface area contributed by atoms with Gasteiger partial charge in [0.05, 0.1) is 11.7 Å². The number of carbonyl (C=O) groups excluding carboxylic acids is 3. The van der Waals surface area contributed by atoms with E-state index in [0.29, 0.717) is 18.5 Å². The van der Waals surface area contributed by atoms with Crippen LogP contribution in [0.15, 0.2) is 36.4 Å². The molecule has 1 atom stereocenters. The van der Waals surface area contributed by atoms with Crippen LogP contribution in [0.4, 0.5) is 26.2 Å². The predicted octanol–water partition coefficient (Wildman–Crippen LogP) is 3.55. The molecule has 2 aromatic carbocycles. The van der Waals surface area contributed by atoms with Crippen molar-refractivity contribution < 1.29 is 18.8 Å². The van der Waals surface area contributed by atoms with Crippen LogP contribution in [0.5, 0.6) is 0 Å². The lowest BCUT2D eigenvalue weighted by atomic mass is 9.98. The van der Waals surface area contributed by atoms with E-state index in [-0.39, 0.29) is 23.5 Å². The molecular formula is C20H21FN4O3. The minimum absolute atomic E-state index is 0.00526. The number of halogens is 1. The number of rotatable bonds is 4. The number of nitrogens with one attached hydrogen (secondary N) is 4. The van der Waals surface area contributed by atoms with Gasteiger partial charge in [-0.05, 0) is 48.7 Å². The number of anilines is 3. The van der Waals surface area contributed by atoms with E-state index < -0.39 is 11.8 Å². The molecule has 3 rings (SSSR count). The fraction of sp³-hybridized carbons (Fsp3) is 0.250. The van der Waals surface area contributed by atoms with Gasteiger partial charge in [-0.3, -0.25) is 9.59 Å². The van der Waals surface area contributed by atoms with E-state index in [0.717, 1.165) is 16.8 Å². The Balaban J connectivity index is 1.66. The van der Waals surface area contributed by atoms with Crippen LogP contribution in [0.2, 0.25) is 0 Å². The van der Waals surface area contributed by atoms with E-state index in [1.165, 1.54) is 25.1 Å². The third-order valence-corrected chi connectivity index (χ3v) is 4.41. The summed E-state index contributed by atoms with van der Waals surface area (Å²) < 4.78 is 14.0. The third kappa shape index (κ3) is 4.64. The molecule has 0 bridgehead atoms. The topological polar surface area (TPSA) is 99.3 Å². The molecule has 0 fully saturated rings. The molecular weight excluding hydrogens is 363 g/mol. The molecule has 0 radical (unpaired) electrons. The lowest BCUT2D eigenvalue weighted by molar-refractivity contribution is -0.116. The minimum Gasteiger partial charge on any atom is -0.331 e. The van der Waals surface area contributed by atoms with E-state index >= 15 is 0 Å². The Labute approximate surface area is 161 Å². The van der Waals surface area contributed by atoms with Gasteiger partial charge in [-0.1, -0.05) is 12.1 Å². The van der Waals surface area contributed by atoms with Crippen molar-refractivity contribution in [3.8, 4) is 0 Å². The van der Waals surface area contributed by atoms with Crippen molar-refractivity contribution in [2.45, 2.75) is 32.7 Å². The van der Waals surface area contributed by atoms with Crippen molar-refractivity contribution in [2.75, 3.05) is 16.0 Å². The van der Waals surface area contributed by atoms with Gasteiger partial charge in [0.1, 0.15) is 5.82 Å². The van der Waals surface area contributed by atoms with Crippen molar-refractivity contribution >= 4 is 34.9 Å². The standard InChI is InChI=1S/C20H21FN4O3/c1-11(13-3-7-17-14(9-13)4-8-19(27)24-17)22-20(28)25-18-10-15(23-12(2)26)5-6-16(18)21/h3,5-7,9-11H,4,8H2,1-2H3,(H,23,26)(H,24,27)(H2,22,25,28). The van der Waals surface area contributed by atoms with Gasteiger partial charge < -0.3 is 21.3 Å².